The van der Waals surface area contributed by atoms with Gasteiger partial charge in [0.2, 0.25) is 5.91 Å². The Hall–Kier alpha value is -2.93. The number of fused-ring (bicyclic) bond motifs is 1. The molecule has 30 heavy (non-hydrogen) atoms. The number of rotatable bonds is 8. The smallest absolute Gasteiger partial charge is 0.331 e. The topological polar surface area (TPSA) is 97.8 Å². The quantitative estimate of drug-likeness (QED) is 0.647. The Morgan fingerprint density at radius 2 is 2.17 bits per heavy atom. The van der Waals surface area contributed by atoms with Crippen LogP contribution in [0.4, 0.5) is 0 Å². The van der Waals surface area contributed by atoms with Crippen LogP contribution in [0.25, 0.3) is 0 Å². The van der Waals surface area contributed by atoms with Gasteiger partial charge in [-0.15, -0.1) is 0 Å². The summed E-state index contributed by atoms with van der Waals surface area (Å²) in [5.41, 5.74) is 2.76. The molecule has 0 radical (unpaired) electrons. The van der Waals surface area contributed by atoms with E-state index in [4.69, 9.17) is 9.47 Å². The average Bonchev–Trinajstić information content (AvgIpc) is 2.77. The molecule has 0 spiro atoms. The van der Waals surface area contributed by atoms with Crippen molar-refractivity contribution in [2.75, 3.05) is 13.7 Å². The minimum atomic E-state index is -1.25. The van der Waals surface area contributed by atoms with Crippen LogP contribution in [0, 0.1) is 0 Å². The molecule has 1 heterocycles. The maximum Gasteiger partial charge on any atom is 0.331 e. The lowest BCUT2D eigenvalue weighted by Crippen LogP contribution is -2.46. The molecule has 3 atom stereocenters. The molecule has 3 rings (SSSR count). The number of esters is 1. The third-order valence-corrected chi connectivity index (χ3v) is 5.42. The van der Waals surface area contributed by atoms with Crippen LogP contribution in [0.3, 0.4) is 0 Å². The van der Waals surface area contributed by atoms with E-state index in [-0.39, 0.29) is 24.9 Å². The first-order valence-electron chi connectivity index (χ1n) is 10.2. The summed E-state index contributed by atoms with van der Waals surface area (Å²) in [5.74, 6) is -0.112. The number of pyridine rings is 1. The van der Waals surface area contributed by atoms with Crippen molar-refractivity contribution in [2.45, 2.75) is 50.7 Å². The van der Waals surface area contributed by atoms with E-state index in [1.54, 1.807) is 32.4 Å². The van der Waals surface area contributed by atoms with Gasteiger partial charge in [0.05, 0.1) is 13.7 Å². The summed E-state index contributed by atoms with van der Waals surface area (Å²) in [5, 5.41) is 13.4. The van der Waals surface area contributed by atoms with Crippen LogP contribution in [-0.2, 0) is 20.7 Å². The highest BCUT2D eigenvalue weighted by Crippen LogP contribution is 2.35. The first-order valence-corrected chi connectivity index (χ1v) is 10.2. The molecule has 7 heteroatoms. The maximum atomic E-state index is 12.8. The van der Waals surface area contributed by atoms with Crippen LogP contribution in [0.2, 0.25) is 0 Å². The molecule has 0 saturated carbocycles. The van der Waals surface area contributed by atoms with Gasteiger partial charge in [-0.1, -0.05) is 12.1 Å². The van der Waals surface area contributed by atoms with E-state index in [9.17, 15) is 14.7 Å². The highest BCUT2D eigenvalue weighted by molar-refractivity contribution is 5.85. The Morgan fingerprint density at radius 1 is 1.33 bits per heavy atom. The molecule has 1 aromatic heterocycles. The SMILES string of the molecule is CCOC(=O)C(NC(=O)CC1CCCc2cc(OC)ccc21)C(O)c1cccnc1. The molecule has 3 unspecified atom stereocenters. The van der Waals surface area contributed by atoms with Gasteiger partial charge in [-0.05, 0) is 61.4 Å². The molecule has 0 aliphatic heterocycles. The fourth-order valence-corrected chi connectivity index (χ4v) is 3.93. The van der Waals surface area contributed by atoms with Crippen LogP contribution in [0.1, 0.15) is 54.9 Å². The summed E-state index contributed by atoms with van der Waals surface area (Å²) in [4.78, 5) is 29.2. The fourth-order valence-electron chi connectivity index (χ4n) is 3.93. The van der Waals surface area contributed by atoms with Gasteiger partial charge in [-0.3, -0.25) is 9.78 Å². The van der Waals surface area contributed by atoms with Crippen molar-refractivity contribution in [3.05, 3.63) is 59.4 Å². The standard InChI is InChI=1S/C23H28N2O5/c1-3-30-23(28)21(22(27)17-8-5-11-24-14-17)25-20(26)13-16-7-4-6-15-12-18(29-2)9-10-19(15)16/h5,8-12,14,16,21-22,27H,3-4,6-7,13H2,1-2H3,(H,25,26). The molecule has 0 bridgehead atoms. The Bertz CT molecular complexity index is 871. The Morgan fingerprint density at radius 3 is 2.87 bits per heavy atom. The van der Waals surface area contributed by atoms with E-state index in [1.807, 2.05) is 18.2 Å². The molecule has 1 amide bonds. The number of aryl methyl sites for hydroxylation is 1. The van der Waals surface area contributed by atoms with Gasteiger partial charge in [0.1, 0.15) is 11.9 Å². The number of carbonyl (C=O) groups is 2. The van der Waals surface area contributed by atoms with E-state index in [0.29, 0.717) is 5.56 Å². The number of hydrogen-bond acceptors (Lipinski definition) is 6. The minimum absolute atomic E-state index is 0.0537. The minimum Gasteiger partial charge on any atom is -0.497 e. The number of amides is 1. The zero-order chi connectivity index (χ0) is 21.5. The van der Waals surface area contributed by atoms with Gasteiger partial charge >= 0.3 is 5.97 Å². The summed E-state index contributed by atoms with van der Waals surface area (Å²) >= 11 is 0. The largest absolute Gasteiger partial charge is 0.497 e. The van der Waals surface area contributed by atoms with Crippen molar-refractivity contribution in [2.24, 2.45) is 0 Å². The molecule has 1 aliphatic rings. The molecule has 1 aliphatic carbocycles. The van der Waals surface area contributed by atoms with Crippen molar-refractivity contribution < 1.29 is 24.2 Å². The van der Waals surface area contributed by atoms with Gasteiger partial charge in [0, 0.05) is 24.4 Å². The number of benzene rings is 1. The highest BCUT2D eigenvalue weighted by Gasteiger charge is 2.32. The Balaban J connectivity index is 1.73. The number of hydrogen-bond donors (Lipinski definition) is 2. The lowest BCUT2D eigenvalue weighted by Gasteiger charge is -2.27. The molecular weight excluding hydrogens is 384 g/mol. The summed E-state index contributed by atoms with van der Waals surface area (Å²) in [6.45, 7) is 1.84. The van der Waals surface area contributed by atoms with Crippen LogP contribution < -0.4 is 10.1 Å². The zero-order valence-electron chi connectivity index (χ0n) is 17.3. The molecule has 7 nitrogen and oxygen atoms in total. The summed E-state index contributed by atoms with van der Waals surface area (Å²) in [6.07, 6.45) is 4.85. The van der Waals surface area contributed by atoms with E-state index < -0.39 is 18.1 Å². The molecule has 0 fully saturated rings. The predicted octanol–water partition coefficient (Wildman–Crippen LogP) is 2.68. The van der Waals surface area contributed by atoms with Gasteiger partial charge in [0.25, 0.3) is 0 Å². The number of carbonyl (C=O) groups excluding carboxylic acids is 2. The lowest BCUT2D eigenvalue weighted by molar-refractivity contribution is -0.151. The van der Waals surface area contributed by atoms with E-state index in [1.165, 1.54) is 11.8 Å². The van der Waals surface area contributed by atoms with Gasteiger partial charge in [0.15, 0.2) is 6.04 Å². The number of aliphatic hydroxyl groups excluding tert-OH is 1. The van der Waals surface area contributed by atoms with Crippen LogP contribution in [0.5, 0.6) is 5.75 Å². The maximum absolute atomic E-state index is 12.8. The van der Waals surface area contributed by atoms with E-state index in [2.05, 4.69) is 10.3 Å². The first-order chi connectivity index (χ1) is 14.5. The summed E-state index contributed by atoms with van der Waals surface area (Å²) < 4.78 is 10.4. The predicted molar refractivity (Wildman–Crippen MR) is 111 cm³/mol. The van der Waals surface area contributed by atoms with Crippen LogP contribution >= 0.6 is 0 Å². The fraction of sp³-hybridized carbons (Fsp3) is 0.435. The third-order valence-electron chi connectivity index (χ3n) is 5.42. The Labute approximate surface area is 176 Å². The average molecular weight is 412 g/mol. The normalized spacial score (nSPS) is 17.4. The third kappa shape index (κ3) is 5.16. The Kier molecular flexibility index (Phi) is 7.41. The van der Waals surface area contributed by atoms with Gasteiger partial charge < -0.3 is 19.9 Å². The number of methoxy groups -OCH3 is 1. The molecule has 1 aromatic carbocycles. The van der Waals surface area contributed by atoms with Crippen molar-refractivity contribution in [1.29, 1.82) is 0 Å². The first kappa shape index (κ1) is 21.8. The van der Waals surface area contributed by atoms with Crippen molar-refractivity contribution in [3.8, 4) is 5.75 Å². The molecule has 0 saturated heterocycles. The van der Waals surface area contributed by atoms with E-state index in [0.717, 1.165) is 30.6 Å². The molecule has 2 aromatic rings. The summed E-state index contributed by atoms with van der Waals surface area (Å²) in [7, 11) is 1.64. The monoisotopic (exact) mass is 412 g/mol. The number of ether oxygens (including phenoxy) is 2. The van der Waals surface area contributed by atoms with Gasteiger partial charge in [-0.25, -0.2) is 4.79 Å². The van der Waals surface area contributed by atoms with Crippen molar-refractivity contribution >= 4 is 11.9 Å². The zero-order valence-corrected chi connectivity index (χ0v) is 17.3. The second-order valence-corrected chi connectivity index (χ2v) is 7.39. The highest BCUT2D eigenvalue weighted by atomic mass is 16.5. The molecule has 160 valence electrons. The number of nitrogens with one attached hydrogen (secondary N) is 1. The molecule has 2 N–H and O–H groups in total. The van der Waals surface area contributed by atoms with E-state index >= 15 is 0 Å². The lowest BCUT2D eigenvalue weighted by atomic mass is 9.81. The van der Waals surface area contributed by atoms with Crippen LogP contribution in [0.15, 0.2) is 42.7 Å². The number of nitrogens with zero attached hydrogens (tertiary/aromatic N) is 1. The second kappa shape index (κ2) is 10.2. The van der Waals surface area contributed by atoms with Crippen molar-refractivity contribution in [1.82, 2.24) is 10.3 Å². The van der Waals surface area contributed by atoms with Crippen molar-refractivity contribution in [3.63, 3.8) is 0 Å². The molecular formula is C23H28N2O5. The number of aliphatic hydroxyl groups is 1. The number of aromatic nitrogens is 1. The van der Waals surface area contributed by atoms with Gasteiger partial charge in [-0.2, -0.15) is 0 Å². The van der Waals surface area contributed by atoms with Crippen LogP contribution in [-0.4, -0.2) is 41.7 Å². The summed E-state index contributed by atoms with van der Waals surface area (Å²) in [6, 6.07) is 8.06. The second-order valence-electron chi connectivity index (χ2n) is 7.39.